The van der Waals surface area contributed by atoms with Crippen LogP contribution in [-0.2, 0) is 9.53 Å². The Morgan fingerprint density at radius 3 is 2.00 bits per heavy atom. The molecule has 2 saturated heterocycles. The number of fused-ring (bicyclic) bond motifs is 1. The number of carboxylic acid groups (broad SMARTS) is 1. The molecule has 1 saturated carbocycles. The first-order valence-electron chi connectivity index (χ1n) is 4.25. The van der Waals surface area contributed by atoms with Crippen molar-refractivity contribution in [3.63, 3.8) is 0 Å². The fourth-order valence-electron chi connectivity index (χ4n) is 2.85. The summed E-state index contributed by atoms with van der Waals surface area (Å²) in [4.78, 5) is 11.0. The van der Waals surface area contributed by atoms with E-state index in [1.165, 1.54) is 0 Å². The van der Waals surface area contributed by atoms with Gasteiger partial charge >= 0.3 is 5.97 Å². The van der Waals surface area contributed by atoms with E-state index in [0.29, 0.717) is 12.8 Å². The van der Waals surface area contributed by atoms with Gasteiger partial charge in [0, 0.05) is 0 Å². The van der Waals surface area contributed by atoms with E-state index in [9.17, 15) is 4.79 Å². The first-order chi connectivity index (χ1) is 5.31. The summed E-state index contributed by atoms with van der Waals surface area (Å²) in [5.41, 5.74) is -1.27. The molecular weight excluding hydrogens is 156 g/mol. The van der Waals surface area contributed by atoms with Gasteiger partial charge in [-0.1, -0.05) is 0 Å². The van der Waals surface area contributed by atoms with Gasteiger partial charge in [-0.05, 0) is 33.6 Å². The van der Waals surface area contributed by atoms with Crippen molar-refractivity contribution in [3.8, 4) is 0 Å². The maximum Gasteiger partial charge on any atom is 0.312 e. The van der Waals surface area contributed by atoms with Crippen LogP contribution in [0.15, 0.2) is 0 Å². The zero-order valence-corrected chi connectivity index (χ0v) is 7.68. The van der Waals surface area contributed by atoms with Gasteiger partial charge in [-0.2, -0.15) is 0 Å². The average Bonchev–Trinajstić information content (AvgIpc) is 2.08. The Morgan fingerprint density at radius 1 is 1.33 bits per heavy atom. The monoisotopic (exact) mass is 170 g/mol. The Morgan fingerprint density at radius 2 is 1.83 bits per heavy atom. The quantitative estimate of drug-likeness (QED) is 0.647. The molecule has 0 spiro atoms. The second-order valence-corrected chi connectivity index (χ2v) is 4.80. The molecular formula is C9H14O3. The van der Waals surface area contributed by atoms with Crippen LogP contribution in [0.5, 0.6) is 0 Å². The third-order valence-electron chi connectivity index (χ3n) is 3.41. The molecule has 3 aliphatic rings. The van der Waals surface area contributed by atoms with Gasteiger partial charge in [-0.3, -0.25) is 4.79 Å². The number of carbonyl (C=O) groups is 1. The van der Waals surface area contributed by atoms with E-state index < -0.39 is 17.0 Å². The van der Waals surface area contributed by atoms with E-state index in [-0.39, 0.29) is 5.60 Å². The van der Waals surface area contributed by atoms with Crippen molar-refractivity contribution in [2.45, 2.75) is 44.8 Å². The lowest BCUT2D eigenvalue weighted by molar-refractivity contribution is -0.156. The Kier molecular flexibility index (Phi) is 1.13. The predicted octanol–water partition coefficient (Wildman–Crippen LogP) is 1.42. The summed E-state index contributed by atoms with van der Waals surface area (Å²) in [6.07, 6.45) is 1.34. The summed E-state index contributed by atoms with van der Waals surface area (Å²) in [5, 5.41) is 9.08. The van der Waals surface area contributed by atoms with Crippen molar-refractivity contribution in [1.82, 2.24) is 0 Å². The van der Waals surface area contributed by atoms with Gasteiger partial charge in [0.05, 0.1) is 11.2 Å². The molecule has 3 fully saturated rings. The van der Waals surface area contributed by atoms with Gasteiger partial charge in [0.25, 0.3) is 0 Å². The number of hydrogen-bond donors (Lipinski definition) is 1. The predicted molar refractivity (Wildman–Crippen MR) is 42.9 cm³/mol. The van der Waals surface area contributed by atoms with Crippen LogP contribution in [0.1, 0.15) is 33.6 Å². The van der Waals surface area contributed by atoms with Gasteiger partial charge < -0.3 is 9.84 Å². The molecule has 0 aromatic rings. The Hall–Kier alpha value is -0.570. The second-order valence-electron chi connectivity index (χ2n) is 4.80. The summed E-state index contributed by atoms with van der Waals surface area (Å²) < 4.78 is 5.69. The lowest BCUT2D eigenvalue weighted by Gasteiger charge is -2.41. The van der Waals surface area contributed by atoms with Crippen LogP contribution in [0.4, 0.5) is 0 Å². The summed E-state index contributed by atoms with van der Waals surface area (Å²) in [6, 6.07) is 0. The van der Waals surface area contributed by atoms with Crippen LogP contribution in [-0.4, -0.2) is 22.3 Å². The van der Waals surface area contributed by atoms with Crippen LogP contribution in [0, 0.1) is 5.41 Å². The van der Waals surface area contributed by atoms with Crippen LogP contribution < -0.4 is 0 Å². The van der Waals surface area contributed by atoms with Gasteiger partial charge in [0.2, 0.25) is 0 Å². The molecule has 2 heterocycles. The van der Waals surface area contributed by atoms with E-state index in [4.69, 9.17) is 9.84 Å². The summed E-state index contributed by atoms with van der Waals surface area (Å²) in [5.74, 6) is -0.706. The minimum Gasteiger partial charge on any atom is -0.481 e. The van der Waals surface area contributed by atoms with E-state index in [1.807, 2.05) is 20.8 Å². The molecule has 1 aliphatic carbocycles. The van der Waals surface area contributed by atoms with Crippen molar-refractivity contribution >= 4 is 5.97 Å². The van der Waals surface area contributed by atoms with Gasteiger partial charge in [0.1, 0.15) is 5.41 Å². The molecule has 0 radical (unpaired) electrons. The minimum absolute atomic E-state index is 0.165. The topological polar surface area (TPSA) is 46.5 Å². The Labute approximate surface area is 71.7 Å². The lowest BCUT2D eigenvalue weighted by Crippen LogP contribution is -2.51. The Bertz CT molecular complexity index is 248. The summed E-state index contributed by atoms with van der Waals surface area (Å²) in [6.45, 7) is 5.74. The number of hydrogen-bond acceptors (Lipinski definition) is 2. The molecule has 3 nitrogen and oxygen atoms in total. The zero-order chi connectivity index (χ0) is 9.20. The third-order valence-corrected chi connectivity index (χ3v) is 3.41. The fraction of sp³-hybridized carbons (Fsp3) is 0.889. The van der Waals surface area contributed by atoms with Crippen LogP contribution in [0.2, 0.25) is 0 Å². The van der Waals surface area contributed by atoms with Crippen LogP contribution in [0.25, 0.3) is 0 Å². The minimum atomic E-state index is -0.706. The normalized spacial score (nSPS) is 48.6. The SMILES string of the molecule is CC12CC(C(=O)O)(C1)C(C)(C)O2. The molecule has 3 heteroatoms. The maximum absolute atomic E-state index is 11.0. The highest BCUT2D eigenvalue weighted by molar-refractivity contribution is 5.79. The van der Waals surface area contributed by atoms with E-state index in [2.05, 4.69) is 0 Å². The van der Waals surface area contributed by atoms with Crippen molar-refractivity contribution in [1.29, 1.82) is 0 Å². The molecule has 3 rings (SSSR count). The van der Waals surface area contributed by atoms with Crippen LogP contribution >= 0.6 is 0 Å². The van der Waals surface area contributed by atoms with Crippen LogP contribution in [0.3, 0.4) is 0 Å². The molecule has 2 bridgehead atoms. The number of rotatable bonds is 1. The summed E-state index contributed by atoms with van der Waals surface area (Å²) >= 11 is 0. The van der Waals surface area contributed by atoms with Crippen molar-refractivity contribution in [2.75, 3.05) is 0 Å². The summed E-state index contributed by atoms with van der Waals surface area (Å²) in [7, 11) is 0. The first kappa shape index (κ1) is 8.05. The highest BCUT2D eigenvalue weighted by Crippen LogP contribution is 2.66. The smallest absolute Gasteiger partial charge is 0.312 e. The van der Waals surface area contributed by atoms with Gasteiger partial charge in [0.15, 0.2) is 0 Å². The lowest BCUT2D eigenvalue weighted by atomic mass is 9.57. The van der Waals surface area contributed by atoms with E-state index in [0.717, 1.165) is 0 Å². The maximum atomic E-state index is 11.0. The molecule has 0 amide bonds. The number of ether oxygens (including phenoxy) is 1. The van der Waals surface area contributed by atoms with Crippen molar-refractivity contribution in [2.24, 2.45) is 5.41 Å². The zero-order valence-electron chi connectivity index (χ0n) is 7.68. The molecule has 68 valence electrons. The largest absolute Gasteiger partial charge is 0.481 e. The standard InChI is InChI=1S/C9H14O3/c1-7(2)9(6(10)11)4-8(3,5-9)12-7/h4-5H2,1-3H3,(H,10,11). The molecule has 0 atom stereocenters. The highest BCUT2D eigenvalue weighted by atomic mass is 16.5. The molecule has 0 unspecified atom stereocenters. The number of carboxylic acids is 1. The fourth-order valence-corrected chi connectivity index (χ4v) is 2.85. The molecule has 1 N–H and O–H groups in total. The Balaban J connectivity index is 2.38. The highest BCUT2D eigenvalue weighted by Gasteiger charge is 2.73. The first-order valence-corrected chi connectivity index (χ1v) is 4.25. The molecule has 0 aromatic heterocycles. The van der Waals surface area contributed by atoms with Gasteiger partial charge in [-0.25, -0.2) is 0 Å². The second kappa shape index (κ2) is 1.69. The molecule has 0 aromatic carbocycles. The average molecular weight is 170 g/mol. The van der Waals surface area contributed by atoms with Gasteiger partial charge in [-0.15, -0.1) is 0 Å². The van der Waals surface area contributed by atoms with E-state index in [1.54, 1.807) is 0 Å². The molecule has 2 aliphatic heterocycles. The third kappa shape index (κ3) is 0.637. The van der Waals surface area contributed by atoms with Crippen molar-refractivity contribution in [3.05, 3.63) is 0 Å². The number of aliphatic carboxylic acids is 1. The molecule has 12 heavy (non-hydrogen) atoms. The van der Waals surface area contributed by atoms with Crippen molar-refractivity contribution < 1.29 is 14.6 Å². The van der Waals surface area contributed by atoms with E-state index >= 15 is 0 Å².